The maximum absolute atomic E-state index is 12.1. The van der Waals surface area contributed by atoms with Gasteiger partial charge in [0.1, 0.15) is 4.21 Å². The molecule has 19 heavy (non-hydrogen) atoms. The van der Waals surface area contributed by atoms with Crippen LogP contribution in [0.1, 0.15) is 24.8 Å². The molecule has 8 heteroatoms. The molecule has 2 N–H and O–H groups in total. The minimum Gasteiger partial charge on any atom is -0.481 e. The van der Waals surface area contributed by atoms with Gasteiger partial charge in [0.15, 0.2) is 0 Å². The molecular formula is C11H14ClNO4S2. The third kappa shape index (κ3) is 3.28. The van der Waals surface area contributed by atoms with Crippen molar-refractivity contribution in [3.05, 3.63) is 16.0 Å². The van der Waals surface area contributed by atoms with E-state index in [1.807, 2.05) is 0 Å². The summed E-state index contributed by atoms with van der Waals surface area (Å²) in [5.74, 6) is -1.32. The zero-order valence-corrected chi connectivity index (χ0v) is 12.6. The number of carboxylic acids is 1. The van der Waals surface area contributed by atoms with Crippen molar-refractivity contribution in [2.24, 2.45) is 5.92 Å². The van der Waals surface area contributed by atoms with Gasteiger partial charge in [-0.15, -0.1) is 11.3 Å². The van der Waals surface area contributed by atoms with Gasteiger partial charge in [0.25, 0.3) is 0 Å². The van der Waals surface area contributed by atoms with Crippen molar-refractivity contribution in [3.8, 4) is 0 Å². The number of rotatable bonds is 4. The lowest BCUT2D eigenvalue weighted by Crippen LogP contribution is -2.32. The second-order valence-corrected chi connectivity index (χ2v) is 8.28. The molecule has 0 amide bonds. The van der Waals surface area contributed by atoms with Crippen molar-refractivity contribution in [2.45, 2.75) is 36.4 Å². The highest BCUT2D eigenvalue weighted by atomic mass is 35.5. The van der Waals surface area contributed by atoms with Crippen molar-refractivity contribution in [2.75, 3.05) is 0 Å². The first-order chi connectivity index (χ1) is 8.79. The molecule has 0 unspecified atom stereocenters. The van der Waals surface area contributed by atoms with E-state index in [2.05, 4.69) is 4.72 Å². The average molecular weight is 324 g/mol. The summed E-state index contributed by atoms with van der Waals surface area (Å²) in [6.45, 7) is 1.74. The first kappa shape index (κ1) is 14.8. The summed E-state index contributed by atoms with van der Waals surface area (Å²) in [4.78, 5) is 10.8. The quantitative estimate of drug-likeness (QED) is 0.890. The zero-order chi connectivity index (χ0) is 14.2. The number of hydrogen-bond acceptors (Lipinski definition) is 4. The number of sulfonamides is 1. The fourth-order valence-corrected chi connectivity index (χ4v) is 5.16. The third-order valence-corrected chi connectivity index (χ3v) is 6.75. The number of carbonyl (C=O) groups is 1. The van der Waals surface area contributed by atoms with E-state index >= 15 is 0 Å². The largest absolute Gasteiger partial charge is 0.481 e. The molecule has 1 aromatic rings. The standard InChI is InChI=1S/C11H14ClNO4S2/c1-6-4-9(18-10(6)12)19(16,17)13-8-3-2-7(5-8)11(14)15/h4,7-8,13H,2-3,5H2,1H3,(H,14,15)/t7-,8+/m1/s1. The fourth-order valence-electron chi connectivity index (χ4n) is 2.15. The van der Waals surface area contributed by atoms with E-state index in [0.29, 0.717) is 23.6 Å². The van der Waals surface area contributed by atoms with Crippen LogP contribution in [0.3, 0.4) is 0 Å². The van der Waals surface area contributed by atoms with Gasteiger partial charge in [-0.2, -0.15) is 0 Å². The second-order valence-electron chi connectivity index (χ2n) is 4.69. The maximum atomic E-state index is 12.1. The summed E-state index contributed by atoms with van der Waals surface area (Å²) in [7, 11) is -3.60. The van der Waals surface area contributed by atoms with E-state index in [-0.39, 0.29) is 10.3 Å². The molecule has 2 rings (SSSR count). The molecule has 1 aliphatic carbocycles. The molecule has 0 aliphatic heterocycles. The Kier molecular flexibility index (Phi) is 4.20. The Morgan fingerprint density at radius 2 is 2.21 bits per heavy atom. The summed E-state index contributed by atoms with van der Waals surface area (Å²) in [6, 6.07) is 1.21. The molecule has 0 aromatic carbocycles. The number of aryl methyl sites for hydroxylation is 1. The van der Waals surface area contributed by atoms with Gasteiger partial charge in [0.05, 0.1) is 10.3 Å². The van der Waals surface area contributed by atoms with Crippen molar-refractivity contribution >= 4 is 38.9 Å². The van der Waals surface area contributed by atoms with Crippen LogP contribution < -0.4 is 4.72 Å². The topological polar surface area (TPSA) is 83.5 Å². The van der Waals surface area contributed by atoms with Crippen LogP contribution in [0.4, 0.5) is 0 Å². The average Bonchev–Trinajstić information content (AvgIpc) is 2.87. The monoisotopic (exact) mass is 323 g/mol. The van der Waals surface area contributed by atoms with Crippen molar-refractivity contribution in [3.63, 3.8) is 0 Å². The van der Waals surface area contributed by atoms with Crippen LogP contribution >= 0.6 is 22.9 Å². The van der Waals surface area contributed by atoms with Gasteiger partial charge in [-0.1, -0.05) is 11.6 Å². The smallest absolute Gasteiger partial charge is 0.306 e. The highest BCUT2D eigenvalue weighted by molar-refractivity contribution is 7.91. The van der Waals surface area contributed by atoms with E-state index in [1.165, 1.54) is 6.07 Å². The number of hydrogen-bond donors (Lipinski definition) is 2. The van der Waals surface area contributed by atoms with Crippen LogP contribution in [0.5, 0.6) is 0 Å². The highest BCUT2D eigenvalue weighted by Gasteiger charge is 2.33. The molecule has 1 fully saturated rings. The van der Waals surface area contributed by atoms with Crippen LogP contribution in [-0.2, 0) is 14.8 Å². The first-order valence-electron chi connectivity index (χ1n) is 5.80. The first-order valence-corrected chi connectivity index (χ1v) is 8.48. The molecule has 0 spiro atoms. The predicted molar refractivity (Wildman–Crippen MR) is 73.2 cm³/mol. The maximum Gasteiger partial charge on any atom is 0.306 e. The Bertz CT molecular complexity index is 576. The lowest BCUT2D eigenvalue weighted by molar-refractivity contribution is -0.141. The van der Waals surface area contributed by atoms with Crippen LogP contribution in [0.2, 0.25) is 4.34 Å². The minimum atomic E-state index is -3.60. The van der Waals surface area contributed by atoms with E-state index < -0.39 is 21.9 Å². The second kappa shape index (κ2) is 5.40. The number of aliphatic carboxylic acids is 1. The van der Waals surface area contributed by atoms with Gasteiger partial charge in [-0.3, -0.25) is 4.79 Å². The molecule has 1 aromatic heterocycles. The van der Waals surface area contributed by atoms with E-state index in [1.54, 1.807) is 6.92 Å². The number of carboxylic acid groups (broad SMARTS) is 1. The minimum absolute atomic E-state index is 0.175. The van der Waals surface area contributed by atoms with Gasteiger partial charge < -0.3 is 5.11 Å². The van der Waals surface area contributed by atoms with Gasteiger partial charge in [-0.25, -0.2) is 13.1 Å². The van der Waals surface area contributed by atoms with Gasteiger partial charge >= 0.3 is 5.97 Å². The molecule has 5 nitrogen and oxygen atoms in total. The van der Waals surface area contributed by atoms with Crippen LogP contribution in [-0.4, -0.2) is 25.5 Å². The zero-order valence-electron chi connectivity index (χ0n) is 10.2. The van der Waals surface area contributed by atoms with Crippen LogP contribution in [0.15, 0.2) is 10.3 Å². The normalized spacial score (nSPS) is 23.7. The highest BCUT2D eigenvalue weighted by Crippen LogP contribution is 2.32. The van der Waals surface area contributed by atoms with E-state index in [9.17, 15) is 13.2 Å². The Labute approximate surface area is 120 Å². The fraction of sp³-hybridized carbons (Fsp3) is 0.545. The number of thiophene rings is 1. The SMILES string of the molecule is Cc1cc(S(=O)(=O)N[C@H]2CC[C@@H](C(=O)O)C2)sc1Cl. The number of halogens is 1. The third-order valence-electron chi connectivity index (χ3n) is 3.20. The Morgan fingerprint density at radius 1 is 1.53 bits per heavy atom. The van der Waals surface area contributed by atoms with Gasteiger partial charge in [-0.05, 0) is 37.8 Å². The van der Waals surface area contributed by atoms with Crippen LogP contribution in [0, 0.1) is 12.8 Å². The van der Waals surface area contributed by atoms with Crippen molar-refractivity contribution in [1.82, 2.24) is 4.72 Å². The molecular weight excluding hydrogens is 310 g/mol. The summed E-state index contributed by atoms with van der Waals surface area (Å²) in [6.07, 6.45) is 1.40. The Balaban J connectivity index is 2.08. The Morgan fingerprint density at radius 3 is 2.68 bits per heavy atom. The summed E-state index contributed by atoms with van der Waals surface area (Å²) in [5, 5.41) is 8.89. The molecule has 2 atom stereocenters. The molecule has 0 bridgehead atoms. The van der Waals surface area contributed by atoms with E-state index in [4.69, 9.17) is 16.7 Å². The lowest BCUT2D eigenvalue weighted by atomic mass is 10.1. The van der Waals surface area contributed by atoms with Gasteiger partial charge in [0.2, 0.25) is 10.0 Å². The van der Waals surface area contributed by atoms with Gasteiger partial charge in [0, 0.05) is 6.04 Å². The van der Waals surface area contributed by atoms with Crippen LogP contribution in [0.25, 0.3) is 0 Å². The molecule has 106 valence electrons. The molecule has 0 saturated heterocycles. The van der Waals surface area contributed by atoms with Crippen molar-refractivity contribution in [1.29, 1.82) is 0 Å². The predicted octanol–water partition coefficient (Wildman–Crippen LogP) is 2.24. The summed E-state index contributed by atoms with van der Waals surface area (Å²) in [5.41, 5.74) is 0.724. The summed E-state index contributed by atoms with van der Waals surface area (Å²) >= 11 is 6.88. The molecule has 1 aliphatic rings. The van der Waals surface area contributed by atoms with E-state index in [0.717, 1.165) is 16.9 Å². The Hall–Kier alpha value is -0.630. The number of nitrogens with one attached hydrogen (secondary N) is 1. The molecule has 1 heterocycles. The molecule has 1 saturated carbocycles. The molecule has 0 radical (unpaired) electrons. The lowest BCUT2D eigenvalue weighted by Gasteiger charge is -2.11. The van der Waals surface area contributed by atoms with Crippen molar-refractivity contribution < 1.29 is 18.3 Å². The summed E-state index contributed by atoms with van der Waals surface area (Å²) < 4.78 is 27.4.